The molecule has 15 nitrogen and oxygen atoms in total. The van der Waals surface area contributed by atoms with Gasteiger partial charge in [-0.25, -0.2) is 4.79 Å². The first-order valence-electron chi connectivity index (χ1n) is 23.6. The van der Waals surface area contributed by atoms with Gasteiger partial charge in [0.25, 0.3) is 0 Å². The molecule has 5 heterocycles. The Morgan fingerprint density at radius 1 is 0.571 bits per heavy atom. The molecule has 4 amide bonds. The molecule has 3 N–H and O–H groups in total. The van der Waals surface area contributed by atoms with Gasteiger partial charge in [-0.1, -0.05) is 0 Å². The molecule has 2 aromatic carbocycles. The molecule has 5 fully saturated rings. The Hall–Kier alpha value is -4.13. The van der Waals surface area contributed by atoms with Crippen molar-refractivity contribution in [2.24, 2.45) is 5.92 Å². The van der Waals surface area contributed by atoms with Crippen LogP contribution in [0.15, 0.2) is 48.5 Å². The quantitative estimate of drug-likeness (QED) is 0.155. The third-order valence-corrected chi connectivity index (χ3v) is 16.2. The van der Waals surface area contributed by atoms with Crippen LogP contribution in [0.2, 0.25) is 0 Å². The fraction of sp³-hybridized carbons (Fsp3) is 0.617. The van der Waals surface area contributed by atoms with Gasteiger partial charge in [0.1, 0.15) is 0 Å². The molecule has 1 saturated carbocycles. The average Bonchev–Trinajstić information content (AvgIpc) is 3.40. The van der Waals surface area contributed by atoms with Crippen LogP contribution in [0.4, 0.5) is 28.1 Å². The largest absolute Gasteiger partial charge is 0.378 e. The van der Waals surface area contributed by atoms with Crippen molar-refractivity contribution in [3.63, 3.8) is 0 Å². The van der Waals surface area contributed by atoms with Gasteiger partial charge in [-0.2, -0.15) is 15.0 Å². The summed E-state index contributed by atoms with van der Waals surface area (Å²) in [5.74, 6) is 2.28. The first kappa shape index (κ1) is 45.4. The summed E-state index contributed by atoms with van der Waals surface area (Å²) in [5.41, 5.74) is 2.64. The van der Waals surface area contributed by atoms with Gasteiger partial charge in [0, 0.05) is 43.1 Å². The Morgan fingerprint density at radius 2 is 1.08 bits per heavy atom. The molecule has 8 rings (SSSR count). The van der Waals surface area contributed by atoms with E-state index in [1.165, 1.54) is 64.2 Å². The molecule has 1 aliphatic carbocycles. The summed E-state index contributed by atoms with van der Waals surface area (Å²) >= 11 is -0.290. The van der Waals surface area contributed by atoms with Crippen LogP contribution in [0.25, 0.3) is 11.4 Å². The number of halogens is 1. The number of benzene rings is 2. The Kier molecular flexibility index (Phi) is 16.7. The Morgan fingerprint density at radius 3 is 1.62 bits per heavy atom. The molecule has 4 saturated heterocycles. The Labute approximate surface area is 383 Å². The van der Waals surface area contributed by atoms with Crippen LogP contribution in [0, 0.1) is 5.92 Å². The number of alkyl halides is 1. The van der Waals surface area contributed by atoms with E-state index in [1.807, 2.05) is 29.2 Å². The summed E-state index contributed by atoms with van der Waals surface area (Å²) in [4.78, 5) is 62.9. The third-order valence-electron chi connectivity index (χ3n) is 13.2. The zero-order valence-corrected chi connectivity index (χ0v) is 38.9. The molecule has 0 atom stereocenters. The van der Waals surface area contributed by atoms with Crippen molar-refractivity contribution in [1.82, 2.24) is 28.3 Å². The predicted octanol–water partition coefficient (Wildman–Crippen LogP) is 3.58. The first-order valence-corrected chi connectivity index (χ1v) is 25.9. The van der Waals surface area contributed by atoms with E-state index in [-0.39, 0.29) is 39.3 Å². The number of ether oxygens (including phenoxy) is 2. The number of amides is 4. The van der Waals surface area contributed by atoms with Crippen LogP contribution < -0.4 is 45.4 Å². The van der Waals surface area contributed by atoms with E-state index in [4.69, 9.17) is 24.4 Å². The molecule has 0 bridgehead atoms. The van der Waals surface area contributed by atoms with Gasteiger partial charge in [0.15, 0.2) is 5.82 Å². The number of hydrogen-bond acceptors (Lipinski definition) is 11. The number of hydrogen-bond donors (Lipinski definition) is 3. The first-order chi connectivity index (χ1) is 30.9. The summed E-state index contributed by atoms with van der Waals surface area (Å²) in [6.07, 6.45) is 17.2. The number of carbonyl (C=O) groups excluding carboxylic acids is 3. The van der Waals surface area contributed by atoms with E-state index in [2.05, 4.69) is 28.9 Å². The zero-order valence-electron chi connectivity index (χ0n) is 36.8. The Balaban J connectivity index is 0.761. The van der Waals surface area contributed by atoms with Crippen molar-refractivity contribution in [3.8, 4) is 11.4 Å². The summed E-state index contributed by atoms with van der Waals surface area (Å²) < 4.78 is 15.3. The number of rotatable bonds is 10. The van der Waals surface area contributed by atoms with Crippen LogP contribution in [-0.4, -0.2) is 131 Å². The van der Waals surface area contributed by atoms with Crippen molar-refractivity contribution in [2.45, 2.75) is 99.9 Å². The van der Waals surface area contributed by atoms with Gasteiger partial charge < -0.3 is 29.9 Å². The molecule has 0 spiro atoms. The van der Waals surface area contributed by atoms with Gasteiger partial charge in [-0.3, -0.25) is 0 Å². The molecular formula is C47H66IN10O5-. The summed E-state index contributed by atoms with van der Waals surface area (Å²) in [7, 11) is 0. The van der Waals surface area contributed by atoms with Crippen molar-refractivity contribution in [2.75, 3.05) is 99.2 Å². The normalized spacial score (nSPS) is 20.8. The van der Waals surface area contributed by atoms with Crippen molar-refractivity contribution in [3.05, 3.63) is 54.1 Å². The molecule has 0 unspecified atom stereocenters. The molecule has 63 heavy (non-hydrogen) atoms. The maximum absolute atomic E-state index is 13.5. The second kappa shape index (κ2) is 23.2. The number of urea groups is 1. The monoisotopic (exact) mass is 977 g/mol. The van der Waals surface area contributed by atoms with Gasteiger partial charge >= 0.3 is 200 Å². The van der Waals surface area contributed by atoms with Crippen LogP contribution in [0.3, 0.4) is 0 Å². The summed E-state index contributed by atoms with van der Waals surface area (Å²) in [6, 6.07) is 14.6. The zero-order chi connectivity index (χ0) is 43.2. The molecule has 16 heteroatoms. The second-order valence-electron chi connectivity index (χ2n) is 17.6. The molecule has 342 valence electrons. The minimum absolute atomic E-state index is 0.0153. The SMILES string of the molecule is O=C(Nc1ccc(C(=O)N2CCC(N3CCC(C(=O)N[I-]C4CCCCCCCCCC4)CC3)CC2)cc1)Nc1ccc(-c2nc(N3CCOCC3)nc(N3CCOCC3)n2)cc1. The summed E-state index contributed by atoms with van der Waals surface area (Å²) in [5, 5.41) is 5.79. The number of piperidine rings is 2. The van der Waals surface area contributed by atoms with Gasteiger partial charge in [0.2, 0.25) is 11.9 Å². The number of anilines is 4. The topological polar surface area (TPSA) is 157 Å². The standard InChI is InChI=1S/C47H66IN10O5/c59-43(54-48-38-9-7-5-3-1-2-4-6-8-10-38)36-19-23-55(24-20-36)41-21-25-56(26-22-41)44(60)37-13-17-40(18-14-37)50-47(61)49-39-15-11-35(12-16-39)42-51-45(57-27-31-62-32-28-57)53-46(52-42)58-29-33-63-34-30-58/h11-18,36,38,41H,1-10,19-34H2,(H,54,59)(H2,49,50,61)/q-1. The number of carbonyl (C=O) groups is 3. The van der Waals surface area contributed by atoms with E-state index < -0.39 is 0 Å². The van der Waals surface area contributed by atoms with Crippen LogP contribution >= 0.6 is 0 Å². The van der Waals surface area contributed by atoms with E-state index in [0.717, 1.165) is 48.3 Å². The average molecular weight is 978 g/mol. The number of nitrogens with one attached hydrogen (secondary N) is 3. The fourth-order valence-corrected chi connectivity index (χ4v) is 12.1. The van der Waals surface area contributed by atoms with Crippen molar-refractivity contribution < 1.29 is 45.3 Å². The Bertz CT molecular complexity index is 1880. The molecule has 4 aliphatic heterocycles. The molecular weight excluding hydrogens is 911 g/mol. The smallest absolute Gasteiger partial charge is 0.230 e. The van der Waals surface area contributed by atoms with Gasteiger partial charge in [-0.05, 0) is 48.5 Å². The molecule has 1 aromatic heterocycles. The predicted molar refractivity (Wildman–Crippen MR) is 242 cm³/mol. The van der Waals surface area contributed by atoms with E-state index in [1.54, 1.807) is 24.3 Å². The number of nitrogens with zero attached hydrogens (tertiary/aromatic N) is 7. The van der Waals surface area contributed by atoms with E-state index in [0.29, 0.717) is 112 Å². The molecule has 5 aliphatic rings. The van der Waals surface area contributed by atoms with E-state index >= 15 is 0 Å². The minimum Gasteiger partial charge on any atom is -0.378 e. The van der Waals surface area contributed by atoms with Gasteiger partial charge in [0.05, 0.1) is 26.4 Å². The molecule has 0 radical (unpaired) electrons. The van der Waals surface area contributed by atoms with Crippen LogP contribution in [-0.2, 0) is 14.3 Å². The van der Waals surface area contributed by atoms with Crippen molar-refractivity contribution in [1.29, 1.82) is 0 Å². The maximum Gasteiger partial charge on any atom is 0.230 e. The fourth-order valence-electron chi connectivity index (χ4n) is 9.38. The molecule has 3 aromatic rings. The van der Waals surface area contributed by atoms with Gasteiger partial charge in [-0.15, -0.1) is 0 Å². The number of likely N-dealkylation sites (tertiary alicyclic amines) is 2. The van der Waals surface area contributed by atoms with Crippen molar-refractivity contribution >= 4 is 41.1 Å². The summed E-state index contributed by atoms with van der Waals surface area (Å²) in [6.45, 7) is 8.72. The minimum atomic E-state index is -0.384. The second-order valence-corrected chi connectivity index (χ2v) is 20.5. The maximum atomic E-state index is 13.5. The number of aromatic nitrogens is 3. The van der Waals surface area contributed by atoms with Crippen LogP contribution in [0.5, 0.6) is 0 Å². The van der Waals surface area contributed by atoms with Crippen LogP contribution in [0.1, 0.15) is 100 Å². The third kappa shape index (κ3) is 13.0. The van der Waals surface area contributed by atoms with E-state index in [9.17, 15) is 14.4 Å². The number of morpholine rings is 2.